The van der Waals surface area contributed by atoms with Crippen molar-refractivity contribution < 1.29 is 59.7 Å². The first-order valence-electron chi connectivity index (χ1n) is 6.34. The molecule has 0 atom stereocenters. The van der Waals surface area contributed by atoms with Crippen LogP contribution in [0.5, 0.6) is 5.75 Å². The molecule has 1 aromatic heterocycles. The van der Waals surface area contributed by atoms with Gasteiger partial charge in [-0.25, -0.2) is 0 Å². The van der Waals surface area contributed by atoms with Gasteiger partial charge in [0.15, 0.2) is 5.75 Å². The first-order valence-corrected chi connectivity index (χ1v) is 8.74. The summed E-state index contributed by atoms with van der Waals surface area (Å²) < 4.78 is 50.9. The van der Waals surface area contributed by atoms with Crippen molar-refractivity contribution in [3.05, 3.63) is 36.8 Å². The number of aromatic nitrogens is 3. The molecule has 0 aliphatic carbocycles. The summed E-state index contributed by atoms with van der Waals surface area (Å²) in [4.78, 5) is 5.21. The van der Waals surface area contributed by atoms with Crippen molar-refractivity contribution in [2.75, 3.05) is 13.7 Å². The van der Waals surface area contributed by atoms with E-state index in [4.69, 9.17) is 4.84 Å². The van der Waals surface area contributed by atoms with Gasteiger partial charge in [-0.2, -0.15) is 20.1 Å². The number of methoxy groups -OCH3 is 1. The molecule has 0 unspecified atom stereocenters. The molecule has 5 nitrogen and oxygen atoms in total. The number of alkyl halides is 3. The van der Waals surface area contributed by atoms with Crippen LogP contribution in [0.3, 0.4) is 0 Å². The van der Waals surface area contributed by atoms with Gasteiger partial charge in [0.05, 0.1) is 5.56 Å². The zero-order chi connectivity index (χ0) is 17.7. The molecular weight excluding hydrogens is 457 g/mol. The van der Waals surface area contributed by atoms with Gasteiger partial charge >= 0.3 is 31.7 Å². The van der Waals surface area contributed by atoms with Gasteiger partial charge in [0.25, 0.3) is 0 Å². The number of hydrogen-bond donors (Lipinski definition) is 0. The molecule has 2 rings (SSSR count). The minimum atomic E-state index is -4.37. The molecule has 2 aromatic rings. The van der Waals surface area contributed by atoms with E-state index in [0.29, 0.717) is 25.5 Å². The van der Waals surface area contributed by atoms with E-state index in [1.165, 1.54) is 16.4 Å². The number of ether oxygens (including phenoxy) is 1. The molecule has 0 spiro atoms. The van der Waals surface area contributed by atoms with Crippen molar-refractivity contribution in [2.24, 2.45) is 0 Å². The second kappa shape index (κ2) is 15.4. The van der Waals surface area contributed by atoms with Crippen LogP contribution >= 0.6 is 25.5 Å². The van der Waals surface area contributed by atoms with E-state index in [0.717, 1.165) is 18.7 Å². The van der Waals surface area contributed by atoms with Gasteiger partial charge < -0.3 is 16.5 Å². The Morgan fingerprint density at radius 3 is 2.21 bits per heavy atom. The number of rotatable bonds is 3. The van der Waals surface area contributed by atoms with Crippen molar-refractivity contribution in [3.63, 3.8) is 0 Å². The van der Waals surface area contributed by atoms with Crippen LogP contribution in [-0.4, -0.2) is 22.7 Å². The zero-order valence-electron chi connectivity index (χ0n) is 13.4. The van der Waals surface area contributed by atoms with Gasteiger partial charge in [-0.3, -0.25) is 0 Å². The Hall–Kier alpha value is 0.174. The van der Waals surface area contributed by atoms with Gasteiger partial charge in [-0.05, 0) is 38.4 Å². The minimum Gasteiger partial charge on any atom is -0.385 e. The fourth-order valence-electron chi connectivity index (χ4n) is 1.000. The predicted octanol–water partition coefficient (Wildman–Crippen LogP) is 4.86. The average Bonchev–Trinajstić information content (AvgIpc) is 2.57. The molecule has 0 amide bonds. The van der Waals surface area contributed by atoms with Crippen LogP contribution < -0.4 is 9.09 Å². The van der Waals surface area contributed by atoms with Crippen molar-refractivity contribution in [2.45, 2.75) is 20.0 Å². The SMILES string of the molecule is CCOC.FC(F)(F)c1cccc(O[n+]2pnpnp2)c1.[CH2-]C.[Y]. The van der Waals surface area contributed by atoms with Crippen LogP contribution in [0.25, 0.3) is 0 Å². The minimum absolute atomic E-state index is 0. The molecule has 0 saturated carbocycles. The van der Waals surface area contributed by atoms with E-state index < -0.39 is 11.7 Å². The molecule has 1 aromatic carbocycles. The van der Waals surface area contributed by atoms with Crippen LogP contribution in [0.15, 0.2) is 24.3 Å². The first-order chi connectivity index (χ1) is 11.0. The van der Waals surface area contributed by atoms with Gasteiger partial charge in [-0.1, -0.05) is 6.07 Å². The zero-order valence-corrected chi connectivity index (χ0v) is 19.0. The molecule has 24 heavy (non-hydrogen) atoms. The molecule has 0 aliphatic rings. The van der Waals surface area contributed by atoms with E-state index in [-0.39, 0.29) is 38.5 Å². The van der Waals surface area contributed by atoms with Gasteiger partial charge in [-0.15, -0.1) is 0 Å². The summed E-state index contributed by atoms with van der Waals surface area (Å²) in [5, 5.41) is 0. The summed E-state index contributed by atoms with van der Waals surface area (Å²) in [6.45, 7) is 7.78. The van der Waals surface area contributed by atoms with E-state index in [1.54, 1.807) is 14.0 Å². The Kier molecular flexibility index (Phi) is 17.0. The summed E-state index contributed by atoms with van der Waals surface area (Å²) in [6, 6.07) is 4.68. The quantitative estimate of drug-likeness (QED) is 0.597. The number of halogens is 3. The number of benzene rings is 1. The third-order valence-electron chi connectivity index (χ3n) is 1.95. The summed E-state index contributed by atoms with van der Waals surface area (Å²) >= 11 is 0. The van der Waals surface area contributed by atoms with Crippen molar-refractivity contribution in [1.82, 2.24) is 9.02 Å². The molecule has 0 fully saturated rings. The van der Waals surface area contributed by atoms with Crippen LogP contribution in [0.1, 0.15) is 19.4 Å². The van der Waals surface area contributed by atoms with Gasteiger partial charge in [0.2, 0.25) is 0 Å². The van der Waals surface area contributed by atoms with E-state index >= 15 is 0 Å². The maximum absolute atomic E-state index is 12.4. The standard InChI is InChI=1S/C7H4F3N3OP3.C3H8O.C2H5.Y/c8-7(9,10)5-2-1-3-6(4-5)14-13-16-11-15-12-17-13;1-3-4-2;1-2;/h1-4H;3H2,1-2H3;1H2,2H3;/q+1;;-1;. The van der Waals surface area contributed by atoms with Crippen LogP contribution in [0.2, 0.25) is 0 Å². The maximum Gasteiger partial charge on any atom is 0.416 e. The molecule has 1 radical (unpaired) electrons. The Balaban J connectivity index is 0. The number of nitrogens with zero attached hydrogens (tertiary/aromatic N) is 3. The number of hydrogen-bond acceptors (Lipinski definition) is 4. The predicted molar refractivity (Wildman–Crippen MR) is 85.8 cm³/mol. The van der Waals surface area contributed by atoms with Gasteiger partial charge in [0, 0.05) is 46.4 Å². The van der Waals surface area contributed by atoms with E-state index in [9.17, 15) is 13.2 Å². The first kappa shape index (κ1) is 26.4. The molecule has 0 N–H and O–H groups in total. The van der Waals surface area contributed by atoms with Crippen LogP contribution in [0.4, 0.5) is 13.2 Å². The molecule has 0 bridgehead atoms. The van der Waals surface area contributed by atoms with E-state index in [1.807, 2.05) is 6.92 Å². The molecule has 0 aliphatic heterocycles. The third-order valence-corrected chi connectivity index (χ3v) is 4.18. The Morgan fingerprint density at radius 1 is 1.21 bits per heavy atom. The second-order valence-corrected chi connectivity index (χ2v) is 6.40. The second-order valence-electron chi connectivity index (χ2n) is 3.39. The van der Waals surface area contributed by atoms with Gasteiger partial charge in [0.1, 0.15) is 0 Å². The molecule has 12 heteroatoms. The van der Waals surface area contributed by atoms with Crippen molar-refractivity contribution >= 4 is 25.5 Å². The molecule has 1 heterocycles. The largest absolute Gasteiger partial charge is 0.416 e. The summed E-state index contributed by atoms with van der Waals surface area (Å²) in [5.74, 6) is 0.115. The maximum atomic E-state index is 12.4. The smallest absolute Gasteiger partial charge is 0.385 e. The fraction of sp³-hybridized carbons (Fsp3) is 0.417. The monoisotopic (exact) mass is 474 g/mol. The summed E-state index contributed by atoms with van der Waals surface area (Å²) in [5.41, 5.74) is -0.743. The molecule has 131 valence electrons. The molecular formula is C12H17F3N3O2P3Y. The molecule has 0 saturated heterocycles. The summed E-state index contributed by atoms with van der Waals surface area (Å²) in [7, 11) is 3.33. The topological polar surface area (TPSA) is 48.1 Å². The van der Waals surface area contributed by atoms with Crippen molar-refractivity contribution in [1.29, 1.82) is 0 Å². The van der Waals surface area contributed by atoms with Crippen LogP contribution in [-0.2, 0) is 43.6 Å². The van der Waals surface area contributed by atoms with Crippen molar-refractivity contribution in [3.8, 4) is 5.75 Å². The Morgan fingerprint density at radius 2 is 1.75 bits per heavy atom. The third kappa shape index (κ3) is 11.7. The normalized spacial score (nSPS) is 10.5. The van der Waals surface area contributed by atoms with Crippen LogP contribution in [0, 0.1) is 6.92 Å². The Bertz CT molecular complexity index is 552. The summed E-state index contributed by atoms with van der Waals surface area (Å²) in [6.07, 6.45) is -4.37. The average molecular weight is 474 g/mol. The fourth-order valence-corrected chi connectivity index (χ4v) is 3.35. The Labute approximate surface area is 169 Å². The van der Waals surface area contributed by atoms with E-state index in [2.05, 4.69) is 20.7 Å².